The van der Waals surface area contributed by atoms with E-state index in [1.807, 2.05) is 0 Å². The zero-order valence-electron chi connectivity index (χ0n) is 13.5. The van der Waals surface area contributed by atoms with Gasteiger partial charge in [0.2, 0.25) is 0 Å². The Balaban J connectivity index is 1.81. The highest BCUT2D eigenvalue weighted by atomic mass is 32.1. The molecular formula is C18H15FN2O3S. The second kappa shape index (κ2) is 6.33. The molecule has 7 heteroatoms. The molecule has 1 aliphatic rings. The Hall–Kier alpha value is -2.67. The lowest BCUT2D eigenvalue weighted by Gasteiger charge is -2.14. The number of ether oxygens (including phenoxy) is 2. The van der Waals surface area contributed by atoms with Crippen molar-refractivity contribution in [2.24, 2.45) is 0 Å². The first kappa shape index (κ1) is 15.8. The summed E-state index contributed by atoms with van der Waals surface area (Å²) in [5.41, 5.74) is 3.71. The van der Waals surface area contributed by atoms with Crippen LogP contribution in [0.2, 0.25) is 0 Å². The fourth-order valence-corrected chi connectivity index (χ4v) is 4.07. The molecule has 0 spiro atoms. The number of benzene rings is 1. The number of halogens is 1. The van der Waals surface area contributed by atoms with Crippen LogP contribution in [0.5, 0.6) is 10.8 Å². The monoisotopic (exact) mass is 358 g/mol. The Morgan fingerprint density at radius 1 is 1.32 bits per heavy atom. The molecule has 5 nitrogen and oxygen atoms in total. The second-order valence-electron chi connectivity index (χ2n) is 5.62. The predicted octanol–water partition coefficient (Wildman–Crippen LogP) is 4.34. The van der Waals surface area contributed by atoms with E-state index < -0.39 is 0 Å². The highest BCUT2D eigenvalue weighted by Gasteiger charge is 2.31. The maximum absolute atomic E-state index is 13.1. The predicted molar refractivity (Wildman–Crippen MR) is 91.7 cm³/mol. The van der Waals surface area contributed by atoms with Gasteiger partial charge in [-0.25, -0.2) is 9.18 Å². The highest BCUT2D eigenvalue weighted by Crippen LogP contribution is 2.48. The van der Waals surface area contributed by atoms with Crippen molar-refractivity contribution >= 4 is 17.3 Å². The zero-order valence-corrected chi connectivity index (χ0v) is 14.3. The molecule has 0 unspecified atom stereocenters. The van der Waals surface area contributed by atoms with Crippen LogP contribution in [0.15, 0.2) is 30.5 Å². The van der Waals surface area contributed by atoms with E-state index in [4.69, 9.17) is 9.47 Å². The number of aromatic nitrogens is 2. The Bertz CT molecular complexity index is 930. The maximum atomic E-state index is 13.1. The van der Waals surface area contributed by atoms with Gasteiger partial charge < -0.3 is 9.47 Å². The summed E-state index contributed by atoms with van der Waals surface area (Å²) in [6, 6.07) is 5.79. The summed E-state index contributed by atoms with van der Waals surface area (Å²) in [5.74, 6) is -0.170. The molecule has 0 bridgehead atoms. The largest absolute Gasteiger partial charge is 0.462 e. The quantitative estimate of drug-likeness (QED) is 0.705. The van der Waals surface area contributed by atoms with Crippen LogP contribution >= 0.6 is 11.3 Å². The first-order valence-corrected chi connectivity index (χ1v) is 8.77. The smallest absolute Gasteiger partial charge is 0.348 e. The number of aryl methyl sites for hydroxylation is 1. The standard InChI is InChI=1S/C18H15FN2O3S/c1-2-23-17(22)16-13-8-3-10-9-20-21-15(10)14(13)18(25-16)24-12-6-4-11(19)5-7-12/h4-7,9H,2-3,8H2,1H3,(H,20,21). The number of carbonyl (C=O) groups is 1. The molecule has 2 heterocycles. The maximum Gasteiger partial charge on any atom is 0.348 e. The molecule has 0 saturated heterocycles. The van der Waals surface area contributed by atoms with Crippen LogP contribution in [0, 0.1) is 5.82 Å². The summed E-state index contributed by atoms with van der Waals surface area (Å²) >= 11 is 1.25. The van der Waals surface area contributed by atoms with Gasteiger partial charge >= 0.3 is 5.97 Å². The number of nitrogens with zero attached hydrogens (tertiary/aromatic N) is 1. The number of nitrogens with one attached hydrogen (secondary N) is 1. The molecular weight excluding hydrogens is 343 g/mol. The van der Waals surface area contributed by atoms with E-state index in [1.54, 1.807) is 25.3 Å². The normalized spacial score (nSPS) is 12.4. The van der Waals surface area contributed by atoms with Gasteiger partial charge in [0.05, 0.1) is 24.1 Å². The van der Waals surface area contributed by atoms with Gasteiger partial charge in [0.1, 0.15) is 16.4 Å². The summed E-state index contributed by atoms with van der Waals surface area (Å²) in [4.78, 5) is 12.9. The number of aromatic amines is 1. The van der Waals surface area contributed by atoms with Gasteiger partial charge in [-0.05, 0) is 55.2 Å². The Kier molecular flexibility index (Phi) is 4.01. The SMILES string of the molecule is CCOC(=O)c1sc(Oc2ccc(F)cc2)c2c1CCc1cn[nH]c1-2. The number of hydrogen-bond donors (Lipinski definition) is 1. The van der Waals surface area contributed by atoms with Crippen LogP contribution in [-0.2, 0) is 17.6 Å². The minimum atomic E-state index is -0.347. The molecule has 1 aliphatic carbocycles. The van der Waals surface area contributed by atoms with Crippen molar-refractivity contribution in [3.05, 3.63) is 52.3 Å². The zero-order chi connectivity index (χ0) is 17.4. The van der Waals surface area contributed by atoms with Crippen molar-refractivity contribution in [1.82, 2.24) is 10.2 Å². The minimum Gasteiger partial charge on any atom is -0.462 e. The molecule has 1 aromatic carbocycles. The lowest BCUT2D eigenvalue weighted by atomic mass is 9.92. The molecule has 2 aromatic heterocycles. The second-order valence-corrected chi connectivity index (χ2v) is 6.60. The summed E-state index contributed by atoms with van der Waals surface area (Å²) < 4.78 is 24.3. The molecule has 128 valence electrons. The number of thiophene rings is 1. The fourth-order valence-electron chi connectivity index (χ4n) is 2.95. The number of rotatable bonds is 4. The van der Waals surface area contributed by atoms with Crippen molar-refractivity contribution in [2.45, 2.75) is 19.8 Å². The molecule has 25 heavy (non-hydrogen) atoms. The molecule has 0 saturated carbocycles. The van der Waals surface area contributed by atoms with Gasteiger partial charge in [-0.2, -0.15) is 5.10 Å². The third-order valence-corrected chi connectivity index (χ3v) is 5.16. The average Bonchev–Trinajstić information content (AvgIpc) is 3.21. The Labute approximate surface area is 147 Å². The van der Waals surface area contributed by atoms with Crippen molar-refractivity contribution in [1.29, 1.82) is 0 Å². The first-order valence-electron chi connectivity index (χ1n) is 7.96. The van der Waals surface area contributed by atoms with Crippen LogP contribution in [0.1, 0.15) is 27.7 Å². The van der Waals surface area contributed by atoms with E-state index in [9.17, 15) is 9.18 Å². The summed E-state index contributed by atoms with van der Waals surface area (Å²) in [5, 5.41) is 7.69. The Morgan fingerprint density at radius 2 is 2.12 bits per heavy atom. The van der Waals surface area contributed by atoms with Gasteiger partial charge in [-0.1, -0.05) is 11.3 Å². The number of carbonyl (C=O) groups excluding carboxylic acids is 1. The summed E-state index contributed by atoms with van der Waals surface area (Å²) in [7, 11) is 0. The minimum absolute atomic E-state index is 0.314. The van der Waals surface area contributed by atoms with E-state index in [0.29, 0.717) is 22.3 Å². The lowest BCUT2D eigenvalue weighted by Crippen LogP contribution is -2.08. The van der Waals surface area contributed by atoms with Gasteiger partial charge in [-0.3, -0.25) is 5.10 Å². The summed E-state index contributed by atoms with van der Waals surface area (Å²) in [6.07, 6.45) is 3.32. The number of H-pyrrole nitrogens is 1. The Morgan fingerprint density at radius 3 is 2.88 bits per heavy atom. The van der Waals surface area contributed by atoms with E-state index >= 15 is 0 Å². The molecule has 0 amide bonds. The van der Waals surface area contributed by atoms with Crippen molar-refractivity contribution in [3.63, 3.8) is 0 Å². The number of fused-ring (bicyclic) bond motifs is 3. The molecule has 1 N–H and O–H groups in total. The molecule has 0 radical (unpaired) electrons. The average molecular weight is 358 g/mol. The van der Waals surface area contributed by atoms with Crippen molar-refractivity contribution in [2.75, 3.05) is 6.61 Å². The first-order chi connectivity index (χ1) is 12.2. The molecule has 4 rings (SSSR count). The molecule has 0 fully saturated rings. The number of esters is 1. The number of hydrogen-bond acceptors (Lipinski definition) is 5. The van der Waals surface area contributed by atoms with Gasteiger partial charge in [0.25, 0.3) is 0 Å². The van der Waals surface area contributed by atoms with Crippen LogP contribution in [0.25, 0.3) is 11.3 Å². The third-order valence-electron chi connectivity index (χ3n) is 4.07. The van der Waals surface area contributed by atoms with Crippen LogP contribution in [0.4, 0.5) is 4.39 Å². The molecule has 3 aromatic rings. The highest BCUT2D eigenvalue weighted by molar-refractivity contribution is 7.16. The van der Waals surface area contributed by atoms with E-state index in [1.165, 1.54) is 23.5 Å². The van der Waals surface area contributed by atoms with Crippen molar-refractivity contribution < 1.29 is 18.7 Å². The van der Waals surface area contributed by atoms with Crippen LogP contribution in [-0.4, -0.2) is 22.8 Å². The topological polar surface area (TPSA) is 64.2 Å². The third kappa shape index (κ3) is 2.80. The lowest BCUT2D eigenvalue weighted by molar-refractivity contribution is 0.0531. The van der Waals surface area contributed by atoms with E-state index in [2.05, 4.69) is 10.2 Å². The van der Waals surface area contributed by atoms with E-state index in [0.717, 1.165) is 35.2 Å². The van der Waals surface area contributed by atoms with E-state index in [-0.39, 0.29) is 11.8 Å². The van der Waals surface area contributed by atoms with Crippen LogP contribution < -0.4 is 4.74 Å². The van der Waals surface area contributed by atoms with Gasteiger partial charge in [-0.15, -0.1) is 0 Å². The summed E-state index contributed by atoms with van der Waals surface area (Å²) in [6.45, 7) is 2.09. The molecule has 0 aliphatic heterocycles. The van der Waals surface area contributed by atoms with Gasteiger partial charge in [0.15, 0.2) is 5.06 Å². The van der Waals surface area contributed by atoms with Crippen LogP contribution in [0.3, 0.4) is 0 Å². The van der Waals surface area contributed by atoms with Gasteiger partial charge in [0, 0.05) is 0 Å². The fraction of sp³-hybridized carbons (Fsp3) is 0.222. The van der Waals surface area contributed by atoms with Crippen molar-refractivity contribution in [3.8, 4) is 22.1 Å². The molecule has 0 atom stereocenters.